The minimum absolute atomic E-state index is 0.0546. The van der Waals surface area contributed by atoms with Crippen molar-refractivity contribution in [3.63, 3.8) is 0 Å². The molecule has 0 saturated carbocycles. The summed E-state index contributed by atoms with van der Waals surface area (Å²) >= 11 is 0. The Hall–Kier alpha value is -6.72. The van der Waals surface area contributed by atoms with Crippen LogP contribution in [0.3, 0.4) is 0 Å². The lowest BCUT2D eigenvalue weighted by Crippen LogP contribution is -2.58. The molecule has 117 heavy (non-hydrogen) atoms. The van der Waals surface area contributed by atoms with Gasteiger partial charge in [0.2, 0.25) is 0 Å². The van der Waals surface area contributed by atoms with E-state index in [-0.39, 0.29) is 57.9 Å². The average molecular weight is 1620 g/mol. The van der Waals surface area contributed by atoms with Crippen LogP contribution < -0.4 is 38.9 Å². The Bertz CT molecular complexity index is 3850. The second kappa shape index (κ2) is 43.2. The van der Waals surface area contributed by atoms with E-state index in [9.17, 15) is 0 Å². The van der Waals surface area contributed by atoms with Gasteiger partial charge in [0.05, 0.1) is 122 Å². The number of piperazine rings is 2. The molecule has 0 aromatic heterocycles. The van der Waals surface area contributed by atoms with Crippen molar-refractivity contribution in [1.82, 2.24) is 14.7 Å². The minimum atomic E-state index is -0.0546. The van der Waals surface area contributed by atoms with Gasteiger partial charge in [0.1, 0.15) is 11.5 Å². The molecule has 0 radical (unpaired) electrons. The van der Waals surface area contributed by atoms with Crippen LogP contribution in [-0.4, -0.2) is 268 Å². The molecule has 4 unspecified atom stereocenters. The smallest absolute Gasteiger partial charge is 0.142 e. The number of fused-ring (bicyclic) bond motifs is 1. The van der Waals surface area contributed by atoms with Gasteiger partial charge >= 0.3 is 0 Å². The third-order valence-electron chi connectivity index (χ3n) is 23.7. The van der Waals surface area contributed by atoms with Gasteiger partial charge in [-0.3, -0.25) is 9.80 Å². The highest BCUT2D eigenvalue weighted by Gasteiger charge is 2.34. The molecule has 8 saturated heterocycles. The number of likely N-dealkylation sites (N-methyl/N-ethyl adjacent to an activating group) is 1. The number of hydrogen-bond acceptors (Lipinski definition) is 19. The first kappa shape index (κ1) is 94.1. The number of ether oxygens (including phenoxy) is 8. The largest absolute Gasteiger partial charge is 0.495 e. The molecular formula is C98H153N9O10. The third kappa shape index (κ3) is 28.4. The predicted molar refractivity (Wildman–Crippen MR) is 487 cm³/mol. The number of rotatable bonds is 14. The number of aliphatic hydroxyl groups excluding tert-OH is 2. The molecule has 8 heterocycles. The molecule has 14 rings (SSSR count). The van der Waals surface area contributed by atoms with Crippen molar-refractivity contribution in [2.45, 2.75) is 194 Å². The SMILES string of the molecule is CC(C)(C)c1ccc(N2CCOC(CCO)C2)cc1.CC(C)(C)c1ccc(N2CCOC(CO)C2)cc1.CC(C)(C)c1ccc(N2CCOCC2)cc1.CN(C)CC1CN(c2ccc(C(C)(C)C)cc2)CCO1.COc1cc(C(C)(C)C)ccc1N1CCN(C2COC2)CC1.COc1cc(C(C)(C)C)ccc1N1CCN2CCOCC2C1. The lowest BCUT2D eigenvalue weighted by molar-refractivity contribution is -0.0660. The Morgan fingerprint density at radius 1 is 0.333 bits per heavy atom. The Labute approximate surface area is 707 Å². The molecule has 0 aliphatic carbocycles. The van der Waals surface area contributed by atoms with Gasteiger partial charge in [-0.25, -0.2) is 0 Å². The Balaban J connectivity index is 0.000000161. The summed E-state index contributed by atoms with van der Waals surface area (Å²) in [5.74, 6) is 1.98. The topological polar surface area (TPSA) is 143 Å². The van der Waals surface area contributed by atoms with Gasteiger partial charge in [-0.15, -0.1) is 0 Å². The first-order valence-corrected chi connectivity index (χ1v) is 43.6. The van der Waals surface area contributed by atoms with Crippen LogP contribution in [0.1, 0.15) is 164 Å². The van der Waals surface area contributed by atoms with Crippen molar-refractivity contribution in [2.75, 3.05) is 242 Å². The molecule has 0 amide bonds. The second-order valence-electron chi connectivity index (χ2n) is 39.3. The highest BCUT2D eigenvalue weighted by Crippen LogP contribution is 2.38. The van der Waals surface area contributed by atoms with E-state index < -0.39 is 0 Å². The van der Waals surface area contributed by atoms with E-state index in [4.69, 9.17) is 48.1 Å². The first-order chi connectivity index (χ1) is 55.4. The number of hydrogen-bond donors (Lipinski definition) is 2. The van der Waals surface area contributed by atoms with Crippen LogP contribution >= 0.6 is 0 Å². The van der Waals surface area contributed by atoms with E-state index in [1.807, 2.05) is 0 Å². The van der Waals surface area contributed by atoms with Gasteiger partial charge in [-0.05, 0) is 159 Å². The van der Waals surface area contributed by atoms with Gasteiger partial charge in [0.15, 0.2) is 0 Å². The van der Waals surface area contributed by atoms with E-state index in [0.717, 1.165) is 182 Å². The molecular weight excluding hydrogens is 1460 g/mol. The van der Waals surface area contributed by atoms with Crippen LogP contribution in [-0.2, 0) is 60.9 Å². The monoisotopic (exact) mass is 1620 g/mol. The van der Waals surface area contributed by atoms with Gasteiger partial charge in [-0.1, -0.05) is 185 Å². The predicted octanol–water partition coefficient (Wildman–Crippen LogP) is 15.4. The summed E-state index contributed by atoms with van der Waals surface area (Å²) in [6.07, 6.45) is 1.12. The van der Waals surface area contributed by atoms with Crippen LogP contribution in [0.4, 0.5) is 34.1 Å². The highest BCUT2D eigenvalue weighted by atomic mass is 16.5. The summed E-state index contributed by atoms with van der Waals surface area (Å²) in [6, 6.07) is 50.0. The van der Waals surface area contributed by atoms with Crippen LogP contribution in [0.5, 0.6) is 11.5 Å². The maximum absolute atomic E-state index is 9.15. The summed E-state index contributed by atoms with van der Waals surface area (Å²) in [5, 5.41) is 18.2. The van der Waals surface area contributed by atoms with Crippen molar-refractivity contribution >= 4 is 34.1 Å². The molecule has 19 heteroatoms. The van der Waals surface area contributed by atoms with Gasteiger partial charge in [0.25, 0.3) is 0 Å². The fraction of sp³-hybridized carbons (Fsp3) is 0.633. The summed E-state index contributed by atoms with van der Waals surface area (Å²) in [4.78, 5) is 21.6. The van der Waals surface area contributed by atoms with E-state index in [1.54, 1.807) is 14.2 Å². The number of benzene rings is 6. The van der Waals surface area contributed by atoms with E-state index in [1.165, 1.54) is 67.5 Å². The highest BCUT2D eigenvalue weighted by molar-refractivity contribution is 5.62. The molecule has 8 aliphatic heterocycles. The molecule has 8 aliphatic rings. The molecule has 0 bridgehead atoms. The lowest BCUT2D eigenvalue weighted by Gasteiger charge is -2.44. The van der Waals surface area contributed by atoms with Gasteiger partial charge in [0, 0.05) is 141 Å². The van der Waals surface area contributed by atoms with Crippen LogP contribution in [0, 0.1) is 0 Å². The number of morpholine rings is 5. The molecule has 6 aromatic rings. The number of nitrogens with zero attached hydrogens (tertiary/aromatic N) is 9. The Kier molecular flexibility index (Phi) is 34.7. The number of anilines is 6. The van der Waals surface area contributed by atoms with E-state index in [0.29, 0.717) is 24.8 Å². The quantitative estimate of drug-likeness (QED) is 0.107. The summed E-state index contributed by atoms with van der Waals surface area (Å²) in [6.45, 7) is 65.1. The van der Waals surface area contributed by atoms with Crippen molar-refractivity contribution in [3.05, 3.63) is 167 Å². The molecule has 650 valence electrons. The molecule has 4 atom stereocenters. The van der Waals surface area contributed by atoms with Crippen LogP contribution in [0.25, 0.3) is 0 Å². The van der Waals surface area contributed by atoms with Crippen LogP contribution in [0.2, 0.25) is 0 Å². The normalized spacial score (nSPS) is 20.8. The zero-order valence-electron chi connectivity index (χ0n) is 76.3. The maximum atomic E-state index is 9.15. The summed E-state index contributed by atoms with van der Waals surface area (Å²) in [7, 11) is 7.74. The van der Waals surface area contributed by atoms with Crippen molar-refractivity contribution in [2.24, 2.45) is 0 Å². The number of methoxy groups -OCH3 is 2. The fourth-order valence-corrected chi connectivity index (χ4v) is 15.9. The minimum Gasteiger partial charge on any atom is -0.495 e. The zero-order valence-corrected chi connectivity index (χ0v) is 76.3. The summed E-state index contributed by atoms with van der Waals surface area (Å²) < 4.78 is 44.6. The van der Waals surface area contributed by atoms with Gasteiger partial charge < -0.3 is 82.4 Å². The second-order valence-corrected chi connectivity index (χ2v) is 39.3. The lowest BCUT2D eigenvalue weighted by atomic mass is 9.86. The van der Waals surface area contributed by atoms with Gasteiger partial charge in [-0.2, -0.15) is 0 Å². The Morgan fingerprint density at radius 3 is 1.04 bits per heavy atom. The molecule has 2 N–H and O–H groups in total. The van der Waals surface area contributed by atoms with Crippen molar-refractivity contribution in [1.29, 1.82) is 0 Å². The molecule has 8 fully saturated rings. The molecule has 6 aromatic carbocycles. The fourth-order valence-electron chi connectivity index (χ4n) is 15.9. The standard InChI is InChI=1S/2C18H28N2O2.C17H28N2O.C16H25NO2.C15H23NO2.C14H21NO/c1-18(2,3)14-5-6-16(17(11-14)21-4)20-9-7-19(8-10-20)15-12-22-13-15;1-18(2,3)14-5-6-16(17(11-14)21-4)20-8-7-19-9-10-22-13-15(19)12-20;1-17(2,3)14-6-8-15(9-7-14)19-10-11-20-16(13-19)12-18(4)5;1-16(2,3)13-4-6-14(7-5-13)17-9-11-19-15(12-17)8-10-18;1-15(2,3)12-4-6-13(7-5-12)16-8-9-18-14(10-16)11-17;1-14(2,3)12-4-6-13(7-5-12)15-8-10-16-11-9-15/h2*5-6,11,15H,7-10,12-13H2,1-4H3;6-9,16H,10-13H2,1-5H3;4-7,15,18H,8-12H2,1-3H3;4-7,14,17H,8-11H2,1-3H3;4-7H,8-11H2,1-3H3. The third-order valence-corrected chi connectivity index (χ3v) is 23.7. The molecule has 19 nitrogen and oxygen atoms in total. The summed E-state index contributed by atoms with van der Waals surface area (Å²) in [5.41, 5.74) is 16.8. The van der Waals surface area contributed by atoms with Crippen molar-refractivity contribution in [3.8, 4) is 11.5 Å². The van der Waals surface area contributed by atoms with E-state index in [2.05, 4.69) is 316 Å². The Morgan fingerprint density at radius 2 is 0.667 bits per heavy atom. The maximum Gasteiger partial charge on any atom is 0.142 e. The average Bonchev–Trinajstić information content (AvgIpc) is 0.797. The van der Waals surface area contributed by atoms with Crippen molar-refractivity contribution < 1.29 is 48.1 Å². The van der Waals surface area contributed by atoms with Crippen LogP contribution in [0.15, 0.2) is 133 Å². The molecule has 0 spiro atoms. The zero-order chi connectivity index (χ0) is 84.9. The van der Waals surface area contributed by atoms with E-state index >= 15 is 0 Å². The first-order valence-electron chi connectivity index (χ1n) is 43.6. The number of aliphatic hydroxyl groups is 2.